The highest BCUT2D eigenvalue weighted by Gasteiger charge is 2.21. The molecule has 1 unspecified atom stereocenters. The molecule has 1 atom stereocenters. The standard InChI is InChI=1S/C18H29NO2/c1-8-16(12(2)3)19-11-13-9-14(21-7)10-15(17(13)20)18(4,5)6/h9-12,16,20H,8H2,1-7H3/b19-11+. The van der Waals surface area contributed by atoms with Gasteiger partial charge >= 0.3 is 0 Å². The average molecular weight is 291 g/mol. The predicted octanol–water partition coefficient (Wildman–Crippen LogP) is 4.55. The maximum atomic E-state index is 10.5. The number of aliphatic imine (C=N–C) groups is 1. The molecule has 0 saturated carbocycles. The zero-order chi connectivity index (χ0) is 16.2. The Bertz CT molecular complexity index is 499. The van der Waals surface area contributed by atoms with Crippen molar-refractivity contribution in [2.45, 2.75) is 59.4 Å². The second-order valence-electron chi connectivity index (χ2n) is 6.86. The van der Waals surface area contributed by atoms with Crippen LogP contribution in [0.3, 0.4) is 0 Å². The fourth-order valence-electron chi connectivity index (χ4n) is 2.34. The largest absolute Gasteiger partial charge is 0.507 e. The number of rotatable bonds is 5. The summed E-state index contributed by atoms with van der Waals surface area (Å²) in [7, 11) is 1.64. The third-order valence-electron chi connectivity index (χ3n) is 3.75. The first kappa shape index (κ1) is 17.5. The van der Waals surface area contributed by atoms with Crippen molar-refractivity contribution < 1.29 is 9.84 Å². The Morgan fingerprint density at radius 3 is 2.33 bits per heavy atom. The predicted molar refractivity (Wildman–Crippen MR) is 89.9 cm³/mol. The summed E-state index contributed by atoms with van der Waals surface area (Å²) in [5, 5.41) is 10.5. The first-order valence-corrected chi connectivity index (χ1v) is 7.65. The van der Waals surface area contributed by atoms with Crippen molar-refractivity contribution in [3.8, 4) is 11.5 Å². The number of benzene rings is 1. The van der Waals surface area contributed by atoms with Gasteiger partial charge in [0.05, 0.1) is 13.2 Å². The van der Waals surface area contributed by atoms with E-state index in [-0.39, 0.29) is 11.5 Å². The lowest BCUT2D eigenvalue weighted by atomic mass is 9.85. The van der Waals surface area contributed by atoms with Crippen molar-refractivity contribution in [2.75, 3.05) is 7.11 Å². The highest BCUT2D eigenvalue weighted by atomic mass is 16.5. The summed E-state index contributed by atoms with van der Waals surface area (Å²) in [5.74, 6) is 1.53. The van der Waals surface area contributed by atoms with Crippen LogP contribution in [-0.2, 0) is 5.41 Å². The third kappa shape index (κ3) is 4.48. The van der Waals surface area contributed by atoms with Crippen molar-refractivity contribution in [2.24, 2.45) is 10.9 Å². The van der Waals surface area contributed by atoms with E-state index in [1.807, 2.05) is 12.1 Å². The summed E-state index contributed by atoms with van der Waals surface area (Å²) in [5.41, 5.74) is 1.45. The summed E-state index contributed by atoms with van der Waals surface area (Å²) in [6, 6.07) is 4.00. The van der Waals surface area contributed by atoms with Gasteiger partial charge in [0.25, 0.3) is 0 Å². The number of hydrogen-bond acceptors (Lipinski definition) is 3. The average Bonchev–Trinajstić information content (AvgIpc) is 2.39. The number of phenols is 1. The van der Waals surface area contributed by atoms with Gasteiger partial charge in [0, 0.05) is 17.3 Å². The minimum absolute atomic E-state index is 0.149. The molecule has 0 amide bonds. The summed E-state index contributed by atoms with van der Waals surface area (Å²) < 4.78 is 5.35. The Kier molecular flexibility index (Phi) is 5.82. The number of nitrogens with zero attached hydrogens (tertiary/aromatic N) is 1. The van der Waals surface area contributed by atoms with E-state index >= 15 is 0 Å². The molecule has 0 bridgehead atoms. The molecule has 0 aliphatic carbocycles. The fraction of sp³-hybridized carbons (Fsp3) is 0.611. The highest BCUT2D eigenvalue weighted by Crippen LogP contribution is 2.36. The molecule has 1 rings (SSSR count). The number of aromatic hydroxyl groups is 1. The molecule has 0 aromatic heterocycles. The quantitative estimate of drug-likeness (QED) is 0.808. The number of phenolic OH excluding ortho intramolecular Hbond substituents is 1. The lowest BCUT2D eigenvalue weighted by molar-refractivity contribution is 0.405. The molecule has 0 aliphatic rings. The van der Waals surface area contributed by atoms with Crippen molar-refractivity contribution in [3.63, 3.8) is 0 Å². The molecule has 3 nitrogen and oxygen atoms in total. The van der Waals surface area contributed by atoms with Crippen LogP contribution in [0.1, 0.15) is 59.1 Å². The Labute approximate surface area is 129 Å². The molecule has 21 heavy (non-hydrogen) atoms. The van der Waals surface area contributed by atoms with Crippen LogP contribution < -0.4 is 4.74 Å². The van der Waals surface area contributed by atoms with E-state index in [4.69, 9.17) is 4.74 Å². The molecule has 0 saturated heterocycles. The maximum Gasteiger partial charge on any atom is 0.128 e. The van der Waals surface area contributed by atoms with Gasteiger partial charge in [-0.05, 0) is 29.9 Å². The van der Waals surface area contributed by atoms with Gasteiger partial charge in [0.15, 0.2) is 0 Å². The van der Waals surface area contributed by atoms with Crippen LogP contribution in [0.4, 0.5) is 0 Å². The summed E-state index contributed by atoms with van der Waals surface area (Å²) >= 11 is 0. The van der Waals surface area contributed by atoms with Crippen molar-refractivity contribution in [1.82, 2.24) is 0 Å². The van der Waals surface area contributed by atoms with Crippen molar-refractivity contribution in [1.29, 1.82) is 0 Å². The molecule has 0 heterocycles. The van der Waals surface area contributed by atoms with E-state index in [1.54, 1.807) is 13.3 Å². The van der Waals surface area contributed by atoms with Crippen LogP contribution in [0.25, 0.3) is 0 Å². The molecule has 1 aromatic carbocycles. The molecule has 3 heteroatoms. The number of methoxy groups -OCH3 is 1. The number of ether oxygens (including phenoxy) is 1. The molecule has 1 N–H and O–H groups in total. The van der Waals surface area contributed by atoms with E-state index in [0.29, 0.717) is 11.7 Å². The van der Waals surface area contributed by atoms with E-state index in [2.05, 4.69) is 46.5 Å². The van der Waals surface area contributed by atoms with E-state index in [1.165, 1.54) is 0 Å². The van der Waals surface area contributed by atoms with Gasteiger partial charge in [-0.1, -0.05) is 41.5 Å². The molecule has 0 radical (unpaired) electrons. The minimum atomic E-state index is -0.149. The van der Waals surface area contributed by atoms with Gasteiger partial charge < -0.3 is 9.84 Å². The first-order chi connectivity index (χ1) is 9.70. The third-order valence-corrected chi connectivity index (χ3v) is 3.75. The van der Waals surface area contributed by atoms with E-state index in [9.17, 15) is 5.11 Å². The van der Waals surface area contributed by atoms with Crippen molar-refractivity contribution in [3.05, 3.63) is 23.3 Å². The van der Waals surface area contributed by atoms with Crippen LogP contribution in [0.2, 0.25) is 0 Å². The molecule has 0 fully saturated rings. The van der Waals surface area contributed by atoms with Crippen LogP contribution in [0.5, 0.6) is 11.5 Å². The summed E-state index contributed by atoms with van der Waals surface area (Å²) in [6.45, 7) is 12.7. The van der Waals surface area contributed by atoms with Gasteiger partial charge in [-0.15, -0.1) is 0 Å². The van der Waals surface area contributed by atoms with Gasteiger partial charge in [-0.2, -0.15) is 0 Å². The molecule has 1 aromatic rings. The minimum Gasteiger partial charge on any atom is -0.507 e. The zero-order valence-electron chi connectivity index (χ0n) is 14.4. The maximum absolute atomic E-state index is 10.5. The van der Waals surface area contributed by atoms with E-state index < -0.39 is 0 Å². The second kappa shape index (κ2) is 6.97. The Morgan fingerprint density at radius 2 is 1.90 bits per heavy atom. The summed E-state index contributed by atoms with van der Waals surface area (Å²) in [4.78, 5) is 4.63. The normalized spacial score (nSPS) is 13.9. The first-order valence-electron chi connectivity index (χ1n) is 7.65. The molecule has 0 aliphatic heterocycles. The number of hydrogen-bond donors (Lipinski definition) is 1. The van der Waals surface area contributed by atoms with Gasteiger partial charge in [-0.3, -0.25) is 4.99 Å². The lowest BCUT2D eigenvalue weighted by Gasteiger charge is -2.22. The van der Waals surface area contributed by atoms with Crippen LogP contribution >= 0.6 is 0 Å². The van der Waals surface area contributed by atoms with Crippen LogP contribution in [-0.4, -0.2) is 24.5 Å². The molecular formula is C18H29NO2. The molecule has 0 spiro atoms. The Balaban J connectivity index is 3.26. The van der Waals surface area contributed by atoms with Gasteiger partial charge in [0.2, 0.25) is 0 Å². The van der Waals surface area contributed by atoms with Crippen molar-refractivity contribution >= 4 is 6.21 Å². The van der Waals surface area contributed by atoms with Crippen LogP contribution in [0, 0.1) is 5.92 Å². The molecular weight excluding hydrogens is 262 g/mol. The molecule has 118 valence electrons. The Morgan fingerprint density at radius 1 is 1.29 bits per heavy atom. The monoisotopic (exact) mass is 291 g/mol. The Hall–Kier alpha value is -1.51. The summed E-state index contributed by atoms with van der Waals surface area (Å²) in [6.07, 6.45) is 2.77. The van der Waals surface area contributed by atoms with Crippen LogP contribution in [0.15, 0.2) is 17.1 Å². The van der Waals surface area contributed by atoms with Gasteiger partial charge in [-0.25, -0.2) is 0 Å². The highest BCUT2D eigenvalue weighted by molar-refractivity contribution is 5.85. The zero-order valence-corrected chi connectivity index (χ0v) is 14.4. The smallest absolute Gasteiger partial charge is 0.128 e. The van der Waals surface area contributed by atoms with Gasteiger partial charge in [0.1, 0.15) is 11.5 Å². The SMILES string of the molecule is CCC(/N=C/c1cc(OC)cc(C(C)(C)C)c1O)C(C)C. The fourth-order valence-corrected chi connectivity index (χ4v) is 2.34. The van der Waals surface area contributed by atoms with E-state index in [0.717, 1.165) is 23.3 Å². The second-order valence-corrected chi connectivity index (χ2v) is 6.86. The lowest BCUT2D eigenvalue weighted by Crippen LogP contribution is -2.13. The topological polar surface area (TPSA) is 41.8 Å².